The highest BCUT2D eigenvalue weighted by Crippen LogP contribution is 2.31. The molecule has 1 aliphatic rings. The number of hydrogen-bond acceptors (Lipinski definition) is 6. The van der Waals surface area contributed by atoms with Crippen molar-refractivity contribution in [3.8, 4) is 11.3 Å². The van der Waals surface area contributed by atoms with Crippen molar-refractivity contribution in [2.24, 2.45) is 10.2 Å². The molecular weight excluding hydrogens is 408 g/mol. The van der Waals surface area contributed by atoms with Crippen LogP contribution in [0.5, 0.6) is 0 Å². The Hall–Kier alpha value is -3.97. The molecule has 1 aromatic heterocycles. The summed E-state index contributed by atoms with van der Waals surface area (Å²) in [6.45, 7) is 0. The molecule has 6 nitrogen and oxygen atoms in total. The minimum absolute atomic E-state index is 0.202. The second-order valence-electron chi connectivity index (χ2n) is 6.78. The molecule has 0 aliphatic carbocycles. The monoisotopic (exact) mass is 424 g/mol. The molecule has 4 aromatic rings. The summed E-state index contributed by atoms with van der Waals surface area (Å²) in [5.41, 5.74) is 3.53. The normalized spacial score (nSPS) is 16.6. The molecule has 150 valence electrons. The van der Waals surface area contributed by atoms with Gasteiger partial charge in [-0.1, -0.05) is 71.9 Å². The molecule has 2 heterocycles. The van der Waals surface area contributed by atoms with Crippen molar-refractivity contribution < 1.29 is 9.32 Å². The molecule has 31 heavy (non-hydrogen) atoms. The van der Waals surface area contributed by atoms with Crippen molar-refractivity contribution in [2.45, 2.75) is 0 Å². The first-order chi connectivity index (χ1) is 15.3. The molecule has 1 aliphatic heterocycles. The van der Waals surface area contributed by atoms with Crippen LogP contribution in [0.4, 0.5) is 0 Å². The second kappa shape index (κ2) is 8.41. The zero-order chi connectivity index (χ0) is 21.0. The Kier molecular flexibility index (Phi) is 5.16. The van der Waals surface area contributed by atoms with E-state index in [2.05, 4.69) is 20.7 Å². The van der Waals surface area contributed by atoms with Gasteiger partial charge >= 0.3 is 0 Å². The van der Waals surface area contributed by atoms with Crippen molar-refractivity contribution in [1.29, 1.82) is 0 Å². The van der Waals surface area contributed by atoms with E-state index in [1.54, 1.807) is 6.21 Å². The molecule has 3 aromatic carbocycles. The lowest BCUT2D eigenvalue weighted by atomic mass is 10.1. The molecule has 1 amide bonds. The lowest BCUT2D eigenvalue weighted by molar-refractivity contribution is -0.115. The Labute approximate surface area is 182 Å². The highest BCUT2D eigenvalue weighted by Gasteiger charge is 2.24. The second-order valence-corrected chi connectivity index (χ2v) is 7.81. The molecule has 0 radical (unpaired) electrons. The van der Waals surface area contributed by atoms with Crippen molar-refractivity contribution in [3.63, 3.8) is 0 Å². The molecule has 0 spiro atoms. The summed E-state index contributed by atoms with van der Waals surface area (Å²) in [5, 5.41) is 16.4. The van der Waals surface area contributed by atoms with Crippen LogP contribution in [0.3, 0.4) is 0 Å². The third-order valence-electron chi connectivity index (χ3n) is 4.64. The van der Waals surface area contributed by atoms with Gasteiger partial charge in [-0.15, -0.1) is 5.10 Å². The van der Waals surface area contributed by atoms with Gasteiger partial charge in [-0.05, 0) is 41.1 Å². The summed E-state index contributed by atoms with van der Waals surface area (Å²) in [7, 11) is 0. The summed E-state index contributed by atoms with van der Waals surface area (Å²) >= 11 is 1.25. The van der Waals surface area contributed by atoms with Gasteiger partial charge < -0.3 is 4.52 Å². The fraction of sp³-hybridized carbons (Fsp3) is 0. The van der Waals surface area contributed by atoms with Crippen molar-refractivity contribution in [2.75, 3.05) is 0 Å². The number of amides is 1. The van der Waals surface area contributed by atoms with E-state index in [-0.39, 0.29) is 5.91 Å². The minimum atomic E-state index is -0.202. The zero-order valence-corrected chi connectivity index (χ0v) is 17.0. The van der Waals surface area contributed by atoms with Crippen LogP contribution in [0.2, 0.25) is 0 Å². The van der Waals surface area contributed by atoms with Crippen molar-refractivity contribution >= 4 is 46.0 Å². The number of thioether (sulfide) groups is 1. The number of benzene rings is 3. The quantitative estimate of drug-likeness (QED) is 0.281. The van der Waals surface area contributed by atoms with E-state index in [1.807, 2.05) is 84.9 Å². The molecule has 7 heteroatoms. The fourth-order valence-electron chi connectivity index (χ4n) is 3.16. The summed E-state index contributed by atoms with van der Waals surface area (Å²) in [6, 6.07) is 25.2. The highest BCUT2D eigenvalue weighted by molar-refractivity contribution is 8.18. The Morgan fingerprint density at radius 3 is 2.52 bits per heavy atom. The maximum absolute atomic E-state index is 12.4. The number of fused-ring (bicyclic) bond motifs is 1. The van der Waals surface area contributed by atoms with Crippen molar-refractivity contribution in [3.05, 3.63) is 94.9 Å². The van der Waals surface area contributed by atoms with E-state index in [4.69, 9.17) is 4.52 Å². The standard InChI is InChI=1S/C24H16N4O2S/c29-23-21(31-24(26-23)27-25-15-16-7-3-1-4-8-16)14-17-11-12-20-19(13-17)22(30-28-20)18-9-5-2-6-10-18/h1-15H,(H,26,27,29). The van der Waals surface area contributed by atoms with Gasteiger partial charge in [0.2, 0.25) is 0 Å². The summed E-state index contributed by atoms with van der Waals surface area (Å²) in [5.74, 6) is 0.504. The van der Waals surface area contributed by atoms with Gasteiger partial charge in [0.1, 0.15) is 5.52 Å². The van der Waals surface area contributed by atoms with Gasteiger partial charge in [0, 0.05) is 5.56 Å². The average Bonchev–Trinajstić information content (AvgIpc) is 3.38. The Balaban J connectivity index is 1.39. The van der Waals surface area contributed by atoms with Crippen LogP contribution in [0.25, 0.3) is 28.3 Å². The van der Waals surface area contributed by atoms with E-state index in [0.717, 1.165) is 27.6 Å². The number of hydrogen-bond donors (Lipinski definition) is 1. The van der Waals surface area contributed by atoms with Crippen LogP contribution in [-0.2, 0) is 4.79 Å². The van der Waals surface area contributed by atoms with Gasteiger partial charge in [-0.3, -0.25) is 10.1 Å². The molecule has 5 rings (SSSR count). The predicted molar refractivity (Wildman–Crippen MR) is 125 cm³/mol. The third kappa shape index (κ3) is 4.17. The first kappa shape index (κ1) is 19.0. The minimum Gasteiger partial charge on any atom is -0.355 e. The molecule has 1 fully saturated rings. The molecular formula is C24H16N4O2S. The third-order valence-corrected chi connectivity index (χ3v) is 5.54. The number of carbonyl (C=O) groups excluding carboxylic acids is 1. The van der Waals surface area contributed by atoms with E-state index in [1.165, 1.54) is 11.8 Å². The fourth-order valence-corrected chi connectivity index (χ4v) is 3.94. The van der Waals surface area contributed by atoms with Crippen LogP contribution in [0, 0.1) is 0 Å². The molecule has 0 saturated carbocycles. The van der Waals surface area contributed by atoms with Crippen LogP contribution in [0.1, 0.15) is 11.1 Å². The maximum atomic E-state index is 12.4. The van der Waals surface area contributed by atoms with Gasteiger partial charge in [0.05, 0.1) is 16.5 Å². The topological polar surface area (TPSA) is 79.9 Å². The van der Waals surface area contributed by atoms with Gasteiger partial charge in [0.25, 0.3) is 5.91 Å². The number of rotatable bonds is 4. The molecule has 0 bridgehead atoms. The summed E-state index contributed by atoms with van der Waals surface area (Å²) in [4.78, 5) is 12.9. The predicted octanol–water partition coefficient (Wildman–Crippen LogP) is 5.09. The first-order valence-electron chi connectivity index (χ1n) is 9.58. The summed E-state index contributed by atoms with van der Waals surface area (Å²) < 4.78 is 5.55. The SMILES string of the molecule is O=C1N/C(=N\N=Cc2ccccc2)SC1=Cc1ccc2noc(-c3ccccc3)c2c1. The lowest BCUT2D eigenvalue weighted by Crippen LogP contribution is -2.19. The van der Waals surface area contributed by atoms with E-state index in [9.17, 15) is 4.79 Å². The van der Waals surface area contributed by atoms with Gasteiger partial charge in [0.15, 0.2) is 10.9 Å². The van der Waals surface area contributed by atoms with Gasteiger partial charge in [-0.25, -0.2) is 0 Å². The van der Waals surface area contributed by atoms with E-state index in [0.29, 0.717) is 15.8 Å². The number of nitrogens with zero attached hydrogens (tertiary/aromatic N) is 3. The highest BCUT2D eigenvalue weighted by atomic mass is 32.2. The largest absolute Gasteiger partial charge is 0.355 e. The molecule has 1 saturated heterocycles. The van der Waals surface area contributed by atoms with Crippen LogP contribution < -0.4 is 5.32 Å². The first-order valence-corrected chi connectivity index (χ1v) is 10.4. The Bertz CT molecular complexity index is 1340. The Morgan fingerprint density at radius 1 is 0.935 bits per heavy atom. The smallest absolute Gasteiger partial charge is 0.264 e. The summed E-state index contributed by atoms with van der Waals surface area (Å²) in [6.07, 6.45) is 3.47. The lowest BCUT2D eigenvalue weighted by Gasteiger charge is -1.98. The molecule has 0 atom stereocenters. The number of aromatic nitrogens is 1. The number of carbonyl (C=O) groups is 1. The average molecular weight is 424 g/mol. The molecule has 1 N–H and O–H groups in total. The maximum Gasteiger partial charge on any atom is 0.264 e. The van der Waals surface area contributed by atoms with Gasteiger partial charge in [-0.2, -0.15) is 5.10 Å². The van der Waals surface area contributed by atoms with Crippen LogP contribution in [-0.4, -0.2) is 22.4 Å². The van der Waals surface area contributed by atoms with Crippen LogP contribution >= 0.6 is 11.8 Å². The van der Waals surface area contributed by atoms with E-state index < -0.39 is 0 Å². The van der Waals surface area contributed by atoms with Crippen LogP contribution in [0.15, 0.2) is 98.5 Å². The van der Waals surface area contributed by atoms with E-state index >= 15 is 0 Å². The zero-order valence-electron chi connectivity index (χ0n) is 16.2. The molecule has 0 unspecified atom stereocenters. The van der Waals surface area contributed by atoms with Crippen molar-refractivity contribution in [1.82, 2.24) is 10.5 Å². The Morgan fingerprint density at radius 2 is 1.71 bits per heavy atom. The number of amidine groups is 1. The number of nitrogens with one attached hydrogen (secondary N) is 1.